The first-order valence-corrected chi connectivity index (χ1v) is 6.52. The topological polar surface area (TPSA) is 56.2 Å². The van der Waals surface area contributed by atoms with E-state index in [1.807, 2.05) is 0 Å². The van der Waals surface area contributed by atoms with Crippen LogP contribution < -0.4 is 5.73 Å². The van der Waals surface area contributed by atoms with Gasteiger partial charge in [0.1, 0.15) is 0 Å². The van der Waals surface area contributed by atoms with Crippen LogP contribution in [0.25, 0.3) is 0 Å². The third kappa shape index (κ3) is 2.38. The minimum atomic E-state index is -0.0788. The lowest BCUT2D eigenvalue weighted by atomic mass is 9.90. The summed E-state index contributed by atoms with van der Waals surface area (Å²) in [7, 11) is 0. The average molecular weight is 286 g/mol. The lowest BCUT2D eigenvalue weighted by molar-refractivity contribution is 0.0864. The van der Waals surface area contributed by atoms with Crippen molar-refractivity contribution in [3.05, 3.63) is 22.6 Å². The van der Waals surface area contributed by atoms with E-state index in [0.29, 0.717) is 5.76 Å². The first-order chi connectivity index (χ1) is 7.70. The summed E-state index contributed by atoms with van der Waals surface area (Å²) >= 11 is 3.32. The van der Waals surface area contributed by atoms with Crippen LogP contribution >= 0.6 is 15.9 Å². The number of rotatable bonds is 2. The maximum Gasteiger partial charge on any atom is 0.203 e. The van der Waals surface area contributed by atoms with E-state index in [-0.39, 0.29) is 17.7 Å². The van der Waals surface area contributed by atoms with E-state index in [4.69, 9.17) is 10.2 Å². The van der Waals surface area contributed by atoms with Gasteiger partial charge >= 0.3 is 0 Å². The van der Waals surface area contributed by atoms with Crippen LogP contribution in [-0.2, 0) is 0 Å². The Morgan fingerprint density at radius 2 is 2.12 bits per heavy atom. The SMILES string of the molecule is NC1CCCCCC1C(=O)c1occc1Br. The molecule has 1 aromatic heterocycles. The van der Waals surface area contributed by atoms with Gasteiger partial charge in [-0.1, -0.05) is 19.3 Å². The van der Waals surface area contributed by atoms with Crippen molar-refractivity contribution in [3.63, 3.8) is 0 Å². The van der Waals surface area contributed by atoms with Crippen molar-refractivity contribution in [2.24, 2.45) is 11.7 Å². The molecule has 1 aliphatic carbocycles. The quantitative estimate of drug-likeness (QED) is 0.671. The molecular formula is C12H16BrNO2. The van der Waals surface area contributed by atoms with Gasteiger partial charge in [-0.2, -0.15) is 0 Å². The number of hydrogen-bond donors (Lipinski definition) is 1. The Labute approximate surface area is 104 Å². The van der Waals surface area contributed by atoms with E-state index in [2.05, 4.69) is 15.9 Å². The zero-order chi connectivity index (χ0) is 11.5. The molecule has 0 bridgehead atoms. The van der Waals surface area contributed by atoms with Crippen molar-refractivity contribution in [1.82, 2.24) is 0 Å². The number of carbonyl (C=O) groups excluding carboxylic acids is 1. The third-order valence-electron chi connectivity index (χ3n) is 3.25. The fourth-order valence-corrected chi connectivity index (χ4v) is 2.70. The number of carbonyl (C=O) groups is 1. The maximum atomic E-state index is 12.2. The number of Topliss-reactive ketones (excluding diaryl/α,β-unsaturated/α-hetero) is 1. The summed E-state index contributed by atoms with van der Waals surface area (Å²) in [5.74, 6) is 0.388. The van der Waals surface area contributed by atoms with Crippen LogP contribution in [0.4, 0.5) is 0 Å². The molecule has 0 amide bonds. The zero-order valence-corrected chi connectivity index (χ0v) is 10.7. The molecule has 0 spiro atoms. The highest BCUT2D eigenvalue weighted by molar-refractivity contribution is 9.10. The highest BCUT2D eigenvalue weighted by Gasteiger charge is 2.30. The predicted octanol–water partition coefficient (Wildman–Crippen LogP) is 3.13. The van der Waals surface area contributed by atoms with Gasteiger partial charge in [-0.3, -0.25) is 4.79 Å². The van der Waals surface area contributed by atoms with Gasteiger partial charge in [0.2, 0.25) is 5.78 Å². The van der Waals surface area contributed by atoms with Crippen molar-refractivity contribution < 1.29 is 9.21 Å². The van der Waals surface area contributed by atoms with Crippen LogP contribution in [0, 0.1) is 5.92 Å². The molecule has 3 nitrogen and oxygen atoms in total. The fourth-order valence-electron chi connectivity index (χ4n) is 2.30. The van der Waals surface area contributed by atoms with E-state index < -0.39 is 0 Å². The summed E-state index contributed by atoms with van der Waals surface area (Å²) in [6, 6.07) is 1.72. The Kier molecular flexibility index (Phi) is 3.82. The molecule has 2 rings (SSSR count). The molecule has 88 valence electrons. The standard InChI is InChI=1S/C12H16BrNO2/c13-9-6-7-16-12(9)11(15)8-4-2-1-3-5-10(8)14/h6-8,10H,1-5,14H2. The molecule has 1 aromatic rings. The van der Waals surface area contributed by atoms with Crippen LogP contribution in [0.3, 0.4) is 0 Å². The monoisotopic (exact) mass is 285 g/mol. The highest BCUT2D eigenvalue weighted by atomic mass is 79.9. The number of ketones is 1. The van der Waals surface area contributed by atoms with Gasteiger partial charge in [-0.15, -0.1) is 0 Å². The van der Waals surface area contributed by atoms with Crippen molar-refractivity contribution in [2.75, 3.05) is 0 Å². The van der Waals surface area contributed by atoms with Crippen LogP contribution in [-0.4, -0.2) is 11.8 Å². The van der Waals surface area contributed by atoms with Crippen molar-refractivity contribution in [3.8, 4) is 0 Å². The van der Waals surface area contributed by atoms with Crippen molar-refractivity contribution in [1.29, 1.82) is 0 Å². The summed E-state index contributed by atoms with van der Waals surface area (Å²) in [5, 5.41) is 0. The van der Waals surface area contributed by atoms with E-state index >= 15 is 0 Å². The van der Waals surface area contributed by atoms with Crippen LogP contribution in [0.2, 0.25) is 0 Å². The highest BCUT2D eigenvalue weighted by Crippen LogP contribution is 2.28. The second-order valence-corrected chi connectivity index (χ2v) is 5.22. The maximum absolute atomic E-state index is 12.2. The van der Waals surface area contributed by atoms with Gasteiger partial charge in [-0.05, 0) is 34.8 Å². The minimum absolute atomic E-state index is 0.0213. The summed E-state index contributed by atoms with van der Waals surface area (Å²) in [4.78, 5) is 12.2. The molecule has 2 N–H and O–H groups in total. The van der Waals surface area contributed by atoms with Crippen LogP contribution in [0.5, 0.6) is 0 Å². The van der Waals surface area contributed by atoms with Gasteiger partial charge in [0.05, 0.1) is 10.7 Å². The molecule has 16 heavy (non-hydrogen) atoms. The van der Waals surface area contributed by atoms with Gasteiger partial charge in [0.25, 0.3) is 0 Å². The van der Waals surface area contributed by atoms with E-state index in [1.165, 1.54) is 12.7 Å². The molecule has 1 heterocycles. The molecule has 1 saturated carbocycles. The largest absolute Gasteiger partial charge is 0.460 e. The number of furan rings is 1. The Morgan fingerprint density at radius 3 is 2.81 bits per heavy atom. The molecule has 0 aliphatic heterocycles. The van der Waals surface area contributed by atoms with E-state index in [1.54, 1.807) is 6.07 Å². The normalized spacial score (nSPS) is 26.4. The lowest BCUT2D eigenvalue weighted by Crippen LogP contribution is -2.34. The Bertz CT molecular complexity index is 375. The molecular weight excluding hydrogens is 270 g/mol. The third-order valence-corrected chi connectivity index (χ3v) is 3.87. The second kappa shape index (κ2) is 5.15. The minimum Gasteiger partial charge on any atom is -0.460 e. The molecule has 1 fully saturated rings. The van der Waals surface area contributed by atoms with Crippen molar-refractivity contribution >= 4 is 21.7 Å². The summed E-state index contributed by atoms with van der Waals surface area (Å²) in [5.41, 5.74) is 6.06. The molecule has 0 aromatic carbocycles. The molecule has 2 unspecified atom stereocenters. The van der Waals surface area contributed by atoms with Crippen LogP contribution in [0.1, 0.15) is 42.7 Å². The first-order valence-electron chi connectivity index (χ1n) is 5.73. The summed E-state index contributed by atoms with van der Waals surface area (Å²) in [6.45, 7) is 0. The number of nitrogens with two attached hydrogens (primary N) is 1. The molecule has 4 heteroatoms. The Balaban J connectivity index is 2.17. The number of hydrogen-bond acceptors (Lipinski definition) is 3. The van der Waals surface area contributed by atoms with Crippen molar-refractivity contribution in [2.45, 2.75) is 38.1 Å². The zero-order valence-electron chi connectivity index (χ0n) is 9.12. The van der Waals surface area contributed by atoms with Gasteiger partial charge < -0.3 is 10.2 Å². The van der Waals surface area contributed by atoms with Crippen LogP contribution in [0.15, 0.2) is 21.2 Å². The van der Waals surface area contributed by atoms with Gasteiger partial charge in [0, 0.05) is 12.0 Å². The molecule has 2 atom stereocenters. The Hall–Kier alpha value is -0.610. The fraction of sp³-hybridized carbons (Fsp3) is 0.583. The summed E-state index contributed by atoms with van der Waals surface area (Å²) in [6.07, 6.45) is 6.74. The summed E-state index contributed by atoms with van der Waals surface area (Å²) < 4.78 is 5.95. The molecule has 0 saturated heterocycles. The van der Waals surface area contributed by atoms with Gasteiger partial charge in [0.15, 0.2) is 5.76 Å². The van der Waals surface area contributed by atoms with Gasteiger partial charge in [-0.25, -0.2) is 0 Å². The Morgan fingerprint density at radius 1 is 1.38 bits per heavy atom. The van der Waals surface area contributed by atoms with E-state index in [0.717, 1.165) is 30.2 Å². The molecule has 1 aliphatic rings. The number of halogens is 1. The lowest BCUT2D eigenvalue weighted by Gasteiger charge is -2.18. The average Bonchev–Trinajstić information content (AvgIpc) is 2.56. The van der Waals surface area contributed by atoms with E-state index in [9.17, 15) is 4.79 Å². The predicted molar refractivity (Wildman–Crippen MR) is 65.3 cm³/mol. The first kappa shape index (κ1) is 11.9. The molecule has 0 radical (unpaired) electrons. The second-order valence-electron chi connectivity index (χ2n) is 4.37. The smallest absolute Gasteiger partial charge is 0.203 e.